The number of carbonyl (C=O) groups is 1. The van der Waals surface area contributed by atoms with Crippen molar-refractivity contribution in [2.75, 3.05) is 6.54 Å². The number of hydrogen-bond donors (Lipinski definition) is 1. The van der Waals surface area contributed by atoms with Crippen molar-refractivity contribution in [3.05, 3.63) is 83.1 Å². The van der Waals surface area contributed by atoms with Crippen LogP contribution in [0.1, 0.15) is 33.1 Å². The van der Waals surface area contributed by atoms with Gasteiger partial charge in [-0.05, 0) is 31.2 Å². The monoisotopic (exact) mass is 387 g/mol. The van der Waals surface area contributed by atoms with Gasteiger partial charge in [-0.2, -0.15) is 5.10 Å². The second kappa shape index (κ2) is 7.09. The Morgan fingerprint density at radius 1 is 1.17 bits per heavy atom. The van der Waals surface area contributed by atoms with E-state index in [1.807, 2.05) is 71.0 Å². The molecule has 0 aliphatic carbocycles. The first-order valence-electron chi connectivity index (χ1n) is 9.66. The van der Waals surface area contributed by atoms with E-state index >= 15 is 0 Å². The number of fused-ring (bicyclic) bond motifs is 2. The first-order chi connectivity index (χ1) is 14.2. The molecule has 146 valence electrons. The Labute approximate surface area is 167 Å². The van der Waals surface area contributed by atoms with E-state index in [1.165, 1.54) is 0 Å². The Hall–Kier alpha value is -3.61. The zero-order valence-corrected chi connectivity index (χ0v) is 16.1. The maximum absolute atomic E-state index is 13.3. The molecule has 1 N–H and O–H groups in total. The van der Waals surface area contributed by atoms with Gasteiger partial charge in [0.05, 0.1) is 5.69 Å². The maximum Gasteiger partial charge on any atom is 0.273 e. The van der Waals surface area contributed by atoms with E-state index in [0.29, 0.717) is 25.4 Å². The highest BCUT2D eigenvalue weighted by Gasteiger charge is 2.28. The molecule has 0 radical (unpaired) electrons. The van der Waals surface area contributed by atoms with Gasteiger partial charge < -0.3 is 9.64 Å². The van der Waals surface area contributed by atoms with Crippen LogP contribution in [-0.4, -0.2) is 36.9 Å². The predicted octanol–water partition coefficient (Wildman–Crippen LogP) is 3.14. The number of hydrogen-bond acceptors (Lipinski definition) is 4. The van der Waals surface area contributed by atoms with Gasteiger partial charge in [-0.25, -0.2) is 4.98 Å². The lowest BCUT2D eigenvalue weighted by atomic mass is 10.0. The molecule has 1 amide bonds. The maximum atomic E-state index is 13.3. The van der Waals surface area contributed by atoms with E-state index in [-0.39, 0.29) is 5.91 Å². The summed E-state index contributed by atoms with van der Waals surface area (Å²) in [5.74, 6) is 0.789. The third-order valence-corrected chi connectivity index (χ3v) is 5.33. The van der Waals surface area contributed by atoms with Crippen molar-refractivity contribution in [2.24, 2.45) is 0 Å². The fraction of sp³-hybridized carbons (Fsp3) is 0.227. The zero-order valence-electron chi connectivity index (χ0n) is 16.1. The van der Waals surface area contributed by atoms with Crippen LogP contribution >= 0.6 is 0 Å². The standard InChI is InChI=1S/C22H21N5O2/c1-15-21(27-11-6-5-9-20(27)23-15)22(28)26-12-10-18-17(13-26)19(25-24-18)14-29-16-7-3-2-4-8-16/h2-9,11H,10,12-14H2,1H3,(H,24,25). The van der Waals surface area contributed by atoms with Gasteiger partial charge in [0.25, 0.3) is 5.91 Å². The van der Waals surface area contributed by atoms with E-state index in [0.717, 1.165) is 40.5 Å². The minimum atomic E-state index is -0.0111. The average Bonchev–Trinajstić information content (AvgIpc) is 3.31. The fourth-order valence-corrected chi connectivity index (χ4v) is 3.84. The van der Waals surface area contributed by atoms with Crippen molar-refractivity contribution in [1.29, 1.82) is 0 Å². The summed E-state index contributed by atoms with van der Waals surface area (Å²) in [7, 11) is 0. The first kappa shape index (κ1) is 17.5. The van der Waals surface area contributed by atoms with Crippen LogP contribution in [0, 0.1) is 6.92 Å². The molecule has 0 saturated carbocycles. The van der Waals surface area contributed by atoms with Crippen molar-refractivity contribution in [3.8, 4) is 5.75 Å². The second-order valence-corrected chi connectivity index (χ2v) is 7.18. The van der Waals surface area contributed by atoms with Gasteiger partial charge in [0.15, 0.2) is 0 Å². The Morgan fingerprint density at radius 2 is 2.00 bits per heavy atom. The minimum Gasteiger partial charge on any atom is -0.487 e. The molecular weight excluding hydrogens is 366 g/mol. The third kappa shape index (κ3) is 3.14. The number of aryl methyl sites for hydroxylation is 1. The van der Waals surface area contributed by atoms with E-state index in [4.69, 9.17) is 4.74 Å². The molecule has 1 aliphatic heterocycles. The van der Waals surface area contributed by atoms with E-state index in [1.54, 1.807) is 0 Å². The number of carbonyl (C=O) groups excluding carboxylic acids is 1. The van der Waals surface area contributed by atoms with Crippen molar-refractivity contribution < 1.29 is 9.53 Å². The summed E-state index contributed by atoms with van der Waals surface area (Å²) in [5, 5.41) is 7.54. The van der Waals surface area contributed by atoms with Crippen LogP contribution in [0.3, 0.4) is 0 Å². The summed E-state index contributed by atoms with van der Waals surface area (Å²) >= 11 is 0. The number of nitrogens with zero attached hydrogens (tertiary/aromatic N) is 4. The number of nitrogens with one attached hydrogen (secondary N) is 1. The van der Waals surface area contributed by atoms with E-state index in [9.17, 15) is 4.79 Å². The molecule has 0 fully saturated rings. The number of pyridine rings is 1. The van der Waals surface area contributed by atoms with Crippen molar-refractivity contribution in [1.82, 2.24) is 24.5 Å². The molecule has 29 heavy (non-hydrogen) atoms. The number of aromatic amines is 1. The van der Waals surface area contributed by atoms with Crippen LogP contribution in [0.5, 0.6) is 5.75 Å². The lowest BCUT2D eigenvalue weighted by molar-refractivity contribution is 0.0725. The molecule has 4 aromatic rings. The average molecular weight is 387 g/mol. The summed E-state index contributed by atoms with van der Waals surface area (Å²) in [6.07, 6.45) is 2.63. The number of benzene rings is 1. The number of H-pyrrole nitrogens is 1. The molecular formula is C22H21N5O2. The lowest BCUT2D eigenvalue weighted by Crippen LogP contribution is -2.37. The van der Waals surface area contributed by atoms with Crippen LogP contribution in [0.25, 0.3) is 5.65 Å². The molecule has 0 spiro atoms. The Balaban J connectivity index is 1.38. The smallest absolute Gasteiger partial charge is 0.273 e. The Morgan fingerprint density at radius 3 is 2.86 bits per heavy atom. The van der Waals surface area contributed by atoms with Gasteiger partial charge in [-0.1, -0.05) is 24.3 Å². The Bertz CT molecular complexity index is 1180. The number of para-hydroxylation sites is 1. The van der Waals surface area contributed by atoms with Crippen LogP contribution in [0.4, 0.5) is 0 Å². The van der Waals surface area contributed by atoms with Gasteiger partial charge in [0, 0.05) is 37.0 Å². The van der Waals surface area contributed by atoms with Gasteiger partial charge >= 0.3 is 0 Å². The molecule has 1 aliphatic rings. The summed E-state index contributed by atoms with van der Waals surface area (Å²) in [4.78, 5) is 19.7. The summed E-state index contributed by atoms with van der Waals surface area (Å²) in [5.41, 5.74) is 5.12. The second-order valence-electron chi connectivity index (χ2n) is 7.18. The summed E-state index contributed by atoms with van der Waals surface area (Å²) in [6.45, 7) is 3.41. The number of aromatic nitrogens is 4. The molecule has 4 heterocycles. The minimum absolute atomic E-state index is 0.0111. The van der Waals surface area contributed by atoms with Gasteiger partial charge in [-0.15, -0.1) is 0 Å². The predicted molar refractivity (Wildman–Crippen MR) is 108 cm³/mol. The number of ether oxygens (including phenoxy) is 1. The number of amides is 1. The van der Waals surface area contributed by atoms with Crippen molar-refractivity contribution >= 4 is 11.6 Å². The molecule has 0 bridgehead atoms. The largest absolute Gasteiger partial charge is 0.487 e. The van der Waals surface area contributed by atoms with E-state index in [2.05, 4.69) is 15.2 Å². The summed E-state index contributed by atoms with van der Waals surface area (Å²) < 4.78 is 7.72. The topological polar surface area (TPSA) is 75.5 Å². The van der Waals surface area contributed by atoms with Crippen LogP contribution in [0.15, 0.2) is 54.7 Å². The Kier molecular flexibility index (Phi) is 4.27. The highest BCUT2D eigenvalue weighted by Crippen LogP contribution is 2.24. The van der Waals surface area contributed by atoms with Gasteiger partial charge in [0.2, 0.25) is 0 Å². The zero-order chi connectivity index (χ0) is 19.8. The van der Waals surface area contributed by atoms with Crippen molar-refractivity contribution in [3.63, 3.8) is 0 Å². The van der Waals surface area contributed by atoms with Crippen LogP contribution < -0.4 is 4.74 Å². The molecule has 5 rings (SSSR count). The van der Waals surface area contributed by atoms with Crippen LogP contribution in [0.2, 0.25) is 0 Å². The SMILES string of the molecule is Cc1nc2ccccn2c1C(=O)N1CCc2[nH]nc(COc3ccccc3)c2C1. The highest BCUT2D eigenvalue weighted by atomic mass is 16.5. The molecule has 0 unspecified atom stereocenters. The third-order valence-electron chi connectivity index (χ3n) is 5.33. The molecule has 0 atom stereocenters. The van der Waals surface area contributed by atoms with E-state index < -0.39 is 0 Å². The first-order valence-corrected chi connectivity index (χ1v) is 9.66. The molecule has 3 aromatic heterocycles. The molecule has 1 aromatic carbocycles. The number of rotatable bonds is 4. The summed E-state index contributed by atoms with van der Waals surface area (Å²) in [6, 6.07) is 15.4. The highest BCUT2D eigenvalue weighted by molar-refractivity contribution is 5.94. The normalized spacial score (nSPS) is 13.5. The van der Waals surface area contributed by atoms with Gasteiger partial charge in [-0.3, -0.25) is 14.3 Å². The van der Waals surface area contributed by atoms with Crippen LogP contribution in [-0.2, 0) is 19.6 Å². The molecule has 0 saturated heterocycles. The van der Waals surface area contributed by atoms with Crippen molar-refractivity contribution in [2.45, 2.75) is 26.5 Å². The fourth-order valence-electron chi connectivity index (χ4n) is 3.84. The number of imidazole rings is 1. The lowest BCUT2D eigenvalue weighted by Gasteiger charge is -2.27. The van der Waals surface area contributed by atoms with Gasteiger partial charge in [0.1, 0.15) is 29.4 Å². The quantitative estimate of drug-likeness (QED) is 0.584. The molecule has 7 heteroatoms. The molecule has 7 nitrogen and oxygen atoms in total.